The van der Waals surface area contributed by atoms with E-state index in [9.17, 15) is 0 Å². The second-order valence-corrected chi connectivity index (χ2v) is 5.21. The number of thioether (sulfide) groups is 1. The molecule has 3 heteroatoms. The van der Waals surface area contributed by atoms with Crippen molar-refractivity contribution in [3.8, 4) is 0 Å². The fourth-order valence-corrected chi connectivity index (χ4v) is 3.27. The fraction of sp³-hybridized carbons (Fsp3) is 1.00. The molecule has 2 radical (unpaired) electrons. The number of hydrogen-bond acceptors (Lipinski definition) is 1. The highest BCUT2D eigenvalue weighted by Gasteiger charge is 2.21. The van der Waals surface area contributed by atoms with Crippen LogP contribution in [0.5, 0.6) is 0 Å². The highest BCUT2D eigenvalue weighted by Crippen LogP contribution is 2.27. The van der Waals surface area contributed by atoms with E-state index in [0.29, 0.717) is 10.7 Å². The van der Waals surface area contributed by atoms with E-state index in [4.69, 9.17) is 0 Å². The van der Waals surface area contributed by atoms with Crippen LogP contribution in [0.4, 0.5) is 0 Å². The maximum absolute atomic E-state index is 4.63. The Bertz CT molecular complexity index is 124. The van der Waals surface area contributed by atoms with E-state index in [1.165, 1.54) is 38.5 Å². The SMILES string of the molecule is C1CCC(SC2CCCC[N]2)[N]C1. The third-order valence-corrected chi connectivity index (χ3v) is 4.10. The molecule has 0 aromatic heterocycles. The summed E-state index contributed by atoms with van der Waals surface area (Å²) in [6.45, 7) is 2.18. The van der Waals surface area contributed by atoms with Crippen molar-refractivity contribution < 1.29 is 0 Å². The van der Waals surface area contributed by atoms with Gasteiger partial charge < -0.3 is 0 Å². The summed E-state index contributed by atoms with van der Waals surface area (Å²) in [6, 6.07) is 0. The van der Waals surface area contributed by atoms with Crippen molar-refractivity contribution in [2.75, 3.05) is 13.1 Å². The molecule has 2 unspecified atom stereocenters. The van der Waals surface area contributed by atoms with E-state index in [2.05, 4.69) is 10.6 Å². The largest absolute Gasteiger partial charge is 0.228 e. The van der Waals surface area contributed by atoms with Gasteiger partial charge >= 0.3 is 0 Å². The molecule has 0 N–H and O–H groups in total. The van der Waals surface area contributed by atoms with Gasteiger partial charge in [-0.2, -0.15) is 0 Å². The normalized spacial score (nSPS) is 36.0. The number of hydrogen-bond donors (Lipinski definition) is 0. The second kappa shape index (κ2) is 5.23. The molecule has 2 heterocycles. The lowest BCUT2D eigenvalue weighted by Gasteiger charge is -2.27. The fourth-order valence-electron chi connectivity index (χ4n) is 1.92. The first-order valence-corrected chi connectivity index (χ1v) is 6.38. The van der Waals surface area contributed by atoms with E-state index in [-0.39, 0.29) is 0 Å². The molecule has 74 valence electrons. The van der Waals surface area contributed by atoms with Crippen LogP contribution in [-0.4, -0.2) is 23.8 Å². The number of rotatable bonds is 2. The molecule has 2 aliphatic rings. The van der Waals surface area contributed by atoms with Crippen LogP contribution >= 0.6 is 11.8 Å². The van der Waals surface area contributed by atoms with Gasteiger partial charge in [-0.25, -0.2) is 10.6 Å². The van der Waals surface area contributed by atoms with E-state index in [0.717, 1.165) is 13.1 Å². The Morgan fingerprint density at radius 1 is 0.769 bits per heavy atom. The minimum absolute atomic E-state index is 0.570. The van der Waals surface area contributed by atoms with Crippen molar-refractivity contribution in [2.45, 2.75) is 49.3 Å². The Balaban J connectivity index is 1.69. The van der Waals surface area contributed by atoms with Gasteiger partial charge in [-0.3, -0.25) is 0 Å². The van der Waals surface area contributed by atoms with E-state index in [1.807, 2.05) is 11.8 Å². The van der Waals surface area contributed by atoms with Gasteiger partial charge in [0.05, 0.1) is 10.7 Å². The Hall–Kier alpha value is 0.270. The number of nitrogens with zero attached hydrogens (tertiary/aromatic N) is 2. The molecular formula is C10H18N2S. The Morgan fingerprint density at radius 3 is 1.69 bits per heavy atom. The van der Waals surface area contributed by atoms with Crippen LogP contribution in [0.25, 0.3) is 0 Å². The Morgan fingerprint density at radius 2 is 1.31 bits per heavy atom. The van der Waals surface area contributed by atoms with Crippen LogP contribution in [0.2, 0.25) is 0 Å². The number of piperidine rings is 2. The monoisotopic (exact) mass is 198 g/mol. The first-order chi connectivity index (χ1) is 6.45. The minimum atomic E-state index is 0.570. The van der Waals surface area contributed by atoms with Crippen LogP contribution in [0.15, 0.2) is 0 Å². The lowest BCUT2D eigenvalue weighted by molar-refractivity contribution is 0.459. The maximum Gasteiger partial charge on any atom is 0.0715 e. The summed E-state index contributed by atoms with van der Waals surface area (Å²) < 4.78 is 0. The molecular weight excluding hydrogens is 180 g/mol. The molecule has 0 spiro atoms. The van der Waals surface area contributed by atoms with E-state index in [1.54, 1.807) is 0 Å². The molecule has 2 rings (SSSR count). The highest BCUT2D eigenvalue weighted by atomic mass is 32.2. The van der Waals surface area contributed by atoms with Gasteiger partial charge in [-0.1, -0.05) is 0 Å². The molecule has 2 nitrogen and oxygen atoms in total. The van der Waals surface area contributed by atoms with Gasteiger partial charge in [0.15, 0.2) is 0 Å². The average molecular weight is 198 g/mol. The average Bonchev–Trinajstić information content (AvgIpc) is 2.21. The van der Waals surface area contributed by atoms with Crippen LogP contribution in [0.3, 0.4) is 0 Å². The zero-order valence-electron chi connectivity index (χ0n) is 8.11. The Labute approximate surface area is 85.2 Å². The standard InChI is InChI=1S/C10H18N2S/c1-3-7-11-9(5-1)13-10-6-2-4-8-12-10/h9-10H,1-8H2. The quantitative estimate of drug-likeness (QED) is 0.666. The van der Waals surface area contributed by atoms with Crippen LogP contribution in [0.1, 0.15) is 38.5 Å². The van der Waals surface area contributed by atoms with Crippen molar-refractivity contribution in [1.29, 1.82) is 0 Å². The van der Waals surface area contributed by atoms with Crippen molar-refractivity contribution in [3.05, 3.63) is 0 Å². The summed E-state index contributed by atoms with van der Waals surface area (Å²) in [6.07, 6.45) is 7.92. The van der Waals surface area contributed by atoms with Crippen LogP contribution in [-0.2, 0) is 0 Å². The molecule has 2 aliphatic heterocycles. The van der Waals surface area contributed by atoms with Gasteiger partial charge in [-0.05, 0) is 38.5 Å². The highest BCUT2D eigenvalue weighted by molar-refractivity contribution is 8.00. The minimum Gasteiger partial charge on any atom is -0.228 e. The maximum atomic E-state index is 4.63. The molecule has 0 aromatic rings. The smallest absolute Gasteiger partial charge is 0.0715 e. The Kier molecular flexibility index (Phi) is 3.94. The summed E-state index contributed by atoms with van der Waals surface area (Å²) >= 11 is 2.01. The first kappa shape index (κ1) is 9.81. The lowest BCUT2D eigenvalue weighted by atomic mass is 10.2. The van der Waals surface area contributed by atoms with Crippen LogP contribution < -0.4 is 10.6 Å². The summed E-state index contributed by atoms with van der Waals surface area (Å²) in [7, 11) is 0. The molecule has 2 atom stereocenters. The summed E-state index contributed by atoms with van der Waals surface area (Å²) in [4.78, 5) is 0. The second-order valence-electron chi connectivity index (χ2n) is 3.85. The molecule has 0 aromatic carbocycles. The third-order valence-electron chi connectivity index (χ3n) is 2.70. The predicted octanol–water partition coefficient (Wildman–Crippen LogP) is 1.95. The van der Waals surface area contributed by atoms with Gasteiger partial charge in [0, 0.05) is 13.1 Å². The zero-order valence-corrected chi connectivity index (χ0v) is 8.93. The lowest BCUT2D eigenvalue weighted by Crippen LogP contribution is -2.32. The predicted molar refractivity (Wildman–Crippen MR) is 56.9 cm³/mol. The molecule has 0 aliphatic carbocycles. The van der Waals surface area contributed by atoms with Crippen molar-refractivity contribution in [2.24, 2.45) is 0 Å². The van der Waals surface area contributed by atoms with Crippen molar-refractivity contribution >= 4 is 11.8 Å². The van der Waals surface area contributed by atoms with Gasteiger partial charge in [0.2, 0.25) is 0 Å². The van der Waals surface area contributed by atoms with Gasteiger partial charge in [-0.15, -0.1) is 11.8 Å². The molecule has 2 saturated heterocycles. The third kappa shape index (κ3) is 3.15. The topological polar surface area (TPSA) is 28.2 Å². The zero-order chi connectivity index (χ0) is 8.93. The molecule has 2 fully saturated rings. The van der Waals surface area contributed by atoms with Crippen molar-refractivity contribution in [3.63, 3.8) is 0 Å². The molecule has 13 heavy (non-hydrogen) atoms. The molecule has 0 bridgehead atoms. The summed E-state index contributed by atoms with van der Waals surface area (Å²) in [5, 5.41) is 10.4. The van der Waals surface area contributed by atoms with E-state index >= 15 is 0 Å². The molecule has 0 amide bonds. The summed E-state index contributed by atoms with van der Waals surface area (Å²) in [5.74, 6) is 0. The van der Waals surface area contributed by atoms with Crippen LogP contribution in [0, 0.1) is 0 Å². The molecule has 0 saturated carbocycles. The van der Waals surface area contributed by atoms with Gasteiger partial charge in [0.25, 0.3) is 0 Å². The van der Waals surface area contributed by atoms with Crippen molar-refractivity contribution in [1.82, 2.24) is 10.6 Å². The van der Waals surface area contributed by atoms with Gasteiger partial charge in [0.1, 0.15) is 0 Å². The summed E-state index contributed by atoms with van der Waals surface area (Å²) in [5.41, 5.74) is 0. The van der Waals surface area contributed by atoms with E-state index < -0.39 is 0 Å². The first-order valence-electron chi connectivity index (χ1n) is 5.44.